The van der Waals surface area contributed by atoms with Crippen molar-refractivity contribution < 1.29 is 9.47 Å². The Bertz CT molecular complexity index is 651. The summed E-state index contributed by atoms with van der Waals surface area (Å²) in [6, 6.07) is 14.8. The Morgan fingerprint density at radius 3 is 2.36 bits per heavy atom. The first-order chi connectivity index (χ1) is 10.6. The van der Waals surface area contributed by atoms with Crippen LogP contribution in [0.1, 0.15) is 23.6 Å². The molecule has 0 radical (unpaired) electrons. The highest BCUT2D eigenvalue weighted by molar-refractivity contribution is 5.45. The number of rotatable bonds is 4. The summed E-state index contributed by atoms with van der Waals surface area (Å²) in [7, 11) is 0. The first-order valence-corrected chi connectivity index (χ1v) is 7.76. The topological polar surface area (TPSA) is 44.5 Å². The zero-order valence-electron chi connectivity index (χ0n) is 13.3. The summed E-state index contributed by atoms with van der Waals surface area (Å²) >= 11 is 0. The SMILES string of the molecule is Cc1ccc(C(C)(CN)Cc2ccc3c(c2)OCCO3)cc1. The van der Waals surface area contributed by atoms with E-state index in [9.17, 15) is 0 Å². The van der Waals surface area contributed by atoms with Crippen molar-refractivity contribution >= 4 is 0 Å². The fraction of sp³-hybridized carbons (Fsp3) is 0.368. The Balaban J connectivity index is 1.87. The average molecular weight is 297 g/mol. The van der Waals surface area contributed by atoms with Crippen LogP contribution in [-0.2, 0) is 11.8 Å². The third-order valence-electron chi connectivity index (χ3n) is 4.40. The third-order valence-corrected chi connectivity index (χ3v) is 4.40. The molecule has 1 aliphatic rings. The summed E-state index contributed by atoms with van der Waals surface area (Å²) in [4.78, 5) is 0. The first-order valence-electron chi connectivity index (χ1n) is 7.76. The third kappa shape index (κ3) is 2.95. The zero-order chi connectivity index (χ0) is 15.6. The lowest BCUT2D eigenvalue weighted by molar-refractivity contribution is 0.171. The van der Waals surface area contributed by atoms with Crippen molar-refractivity contribution in [1.82, 2.24) is 0 Å². The Kier molecular flexibility index (Phi) is 4.08. The van der Waals surface area contributed by atoms with Gasteiger partial charge in [-0.15, -0.1) is 0 Å². The van der Waals surface area contributed by atoms with Crippen LogP contribution in [0.5, 0.6) is 11.5 Å². The van der Waals surface area contributed by atoms with Gasteiger partial charge in [-0.1, -0.05) is 42.8 Å². The van der Waals surface area contributed by atoms with E-state index in [0.717, 1.165) is 17.9 Å². The molecule has 2 aromatic rings. The standard InChI is InChI=1S/C19H23NO2/c1-14-3-6-16(7-4-14)19(2,13-20)12-15-5-8-17-18(11-15)22-10-9-21-17/h3-8,11H,9-10,12-13,20H2,1-2H3. The van der Waals surface area contributed by atoms with E-state index in [1.54, 1.807) is 0 Å². The maximum Gasteiger partial charge on any atom is 0.161 e. The van der Waals surface area contributed by atoms with E-state index in [0.29, 0.717) is 19.8 Å². The Labute approximate surface area is 132 Å². The number of aryl methyl sites for hydroxylation is 1. The molecule has 0 aliphatic carbocycles. The van der Waals surface area contributed by atoms with Crippen molar-refractivity contribution in [3.05, 3.63) is 59.2 Å². The molecule has 1 unspecified atom stereocenters. The van der Waals surface area contributed by atoms with Gasteiger partial charge in [0.15, 0.2) is 11.5 Å². The van der Waals surface area contributed by atoms with Crippen LogP contribution in [0, 0.1) is 6.92 Å². The average Bonchev–Trinajstić information content (AvgIpc) is 2.55. The smallest absolute Gasteiger partial charge is 0.161 e. The fourth-order valence-electron chi connectivity index (χ4n) is 2.90. The summed E-state index contributed by atoms with van der Waals surface area (Å²) in [5, 5.41) is 0. The molecule has 3 heteroatoms. The number of ether oxygens (including phenoxy) is 2. The molecule has 3 nitrogen and oxygen atoms in total. The van der Waals surface area contributed by atoms with Gasteiger partial charge in [0, 0.05) is 12.0 Å². The van der Waals surface area contributed by atoms with E-state index in [-0.39, 0.29) is 5.41 Å². The predicted molar refractivity (Wildman–Crippen MR) is 88.7 cm³/mol. The maximum atomic E-state index is 6.11. The van der Waals surface area contributed by atoms with Crippen molar-refractivity contribution in [3.8, 4) is 11.5 Å². The molecule has 1 aliphatic heterocycles. The van der Waals surface area contributed by atoms with Crippen molar-refractivity contribution in [2.75, 3.05) is 19.8 Å². The second kappa shape index (κ2) is 6.01. The maximum absolute atomic E-state index is 6.11. The highest BCUT2D eigenvalue weighted by atomic mass is 16.6. The molecule has 22 heavy (non-hydrogen) atoms. The van der Waals surface area contributed by atoms with E-state index >= 15 is 0 Å². The quantitative estimate of drug-likeness (QED) is 0.942. The molecule has 2 aromatic carbocycles. The monoisotopic (exact) mass is 297 g/mol. The lowest BCUT2D eigenvalue weighted by Crippen LogP contribution is -2.34. The molecule has 1 heterocycles. The summed E-state index contributed by atoms with van der Waals surface area (Å²) in [6.45, 7) is 6.15. The summed E-state index contributed by atoms with van der Waals surface area (Å²) < 4.78 is 11.3. The summed E-state index contributed by atoms with van der Waals surface area (Å²) in [5.74, 6) is 1.67. The van der Waals surface area contributed by atoms with Crippen LogP contribution in [-0.4, -0.2) is 19.8 Å². The molecule has 0 saturated heterocycles. The minimum Gasteiger partial charge on any atom is -0.486 e. The molecule has 0 amide bonds. The number of nitrogens with two attached hydrogens (primary N) is 1. The van der Waals surface area contributed by atoms with Gasteiger partial charge in [-0.25, -0.2) is 0 Å². The van der Waals surface area contributed by atoms with Crippen molar-refractivity contribution in [1.29, 1.82) is 0 Å². The Hall–Kier alpha value is -2.00. The molecule has 0 aromatic heterocycles. The van der Waals surface area contributed by atoms with Gasteiger partial charge in [0.1, 0.15) is 13.2 Å². The highest BCUT2D eigenvalue weighted by Crippen LogP contribution is 2.34. The van der Waals surface area contributed by atoms with Gasteiger partial charge >= 0.3 is 0 Å². The van der Waals surface area contributed by atoms with E-state index in [1.807, 2.05) is 6.07 Å². The van der Waals surface area contributed by atoms with Crippen molar-refractivity contribution in [3.63, 3.8) is 0 Å². The summed E-state index contributed by atoms with van der Waals surface area (Å²) in [5.41, 5.74) is 9.78. The molecule has 0 spiro atoms. The molecule has 0 bridgehead atoms. The van der Waals surface area contributed by atoms with E-state index in [2.05, 4.69) is 50.2 Å². The minimum absolute atomic E-state index is 0.0859. The van der Waals surface area contributed by atoms with Crippen LogP contribution in [0.4, 0.5) is 0 Å². The van der Waals surface area contributed by atoms with Crippen molar-refractivity contribution in [2.24, 2.45) is 5.73 Å². The molecule has 0 fully saturated rings. The Morgan fingerprint density at radius 1 is 1.00 bits per heavy atom. The second-order valence-electron chi connectivity index (χ2n) is 6.29. The van der Waals surface area contributed by atoms with Gasteiger partial charge < -0.3 is 15.2 Å². The van der Waals surface area contributed by atoms with Gasteiger partial charge in [-0.05, 0) is 36.6 Å². The molecule has 116 valence electrons. The number of hydrogen-bond donors (Lipinski definition) is 1. The van der Waals surface area contributed by atoms with Crippen LogP contribution in [0.2, 0.25) is 0 Å². The van der Waals surface area contributed by atoms with E-state index in [4.69, 9.17) is 15.2 Å². The predicted octanol–water partition coefficient (Wildman–Crippen LogP) is 3.23. The molecule has 1 atom stereocenters. The lowest BCUT2D eigenvalue weighted by Gasteiger charge is -2.29. The van der Waals surface area contributed by atoms with Crippen LogP contribution in [0.3, 0.4) is 0 Å². The van der Waals surface area contributed by atoms with E-state index in [1.165, 1.54) is 16.7 Å². The lowest BCUT2D eigenvalue weighted by atomic mass is 9.77. The summed E-state index contributed by atoms with van der Waals surface area (Å²) in [6.07, 6.45) is 0.878. The second-order valence-corrected chi connectivity index (χ2v) is 6.29. The van der Waals surface area contributed by atoms with Crippen LogP contribution in [0.25, 0.3) is 0 Å². The van der Waals surface area contributed by atoms with Crippen LogP contribution in [0.15, 0.2) is 42.5 Å². The normalized spacial score (nSPS) is 16.1. The van der Waals surface area contributed by atoms with Gasteiger partial charge in [0.05, 0.1) is 0 Å². The van der Waals surface area contributed by atoms with Gasteiger partial charge in [0.25, 0.3) is 0 Å². The molecule has 2 N–H and O–H groups in total. The van der Waals surface area contributed by atoms with Gasteiger partial charge in [0.2, 0.25) is 0 Å². The van der Waals surface area contributed by atoms with E-state index < -0.39 is 0 Å². The Morgan fingerprint density at radius 2 is 1.68 bits per heavy atom. The minimum atomic E-state index is -0.0859. The number of benzene rings is 2. The zero-order valence-corrected chi connectivity index (χ0v) is 13.3. The van der Waals surface area contributed by atoms with Gasteiger partial charge in [-0.3, -0.25) is 0 Å². The van der Waals surface area contributed by atoms with Crippen LogP contribution >= 0.6 is 0 Å². The highest BCUT2D eigenvalue weighted by Gasteiger charge is 2.26. The molecular formula is C19H23NO2. The van der Waals surface area contributed by atoms with Crippen LogP contribution < -0.4 is 15.2 Å². The number of fused-ring (bicyclic) bond motifs is 1. The molecule has 0 saturated carbocycles. The largest absolute Gasteiger partial charge is 0.486 e. The molecule has 3 rings (SSSR count). The van der Waals surface area contributed by atoms with Crippen molar-refractivity contribution in [2.45, 2.75) is 25.7 Å². The first kappa shape index (κ1) is 14.9. The fourth-order valence-corrected chi connectivity index (χ4v) is 2.90. The van der Waals surface area contributed by atoms with Gasteiger partial charge in [-0.2, -0.15) is 0 Å². The number of hydrogen-bond acceptors (Lipinski definition) is 3. The molecular weight excluding hydrogens is 274 g/mol.